The predicted octanol–water partition coefficient (Wildman–Crippen LogP) is 2.05. The van der Waals surface area contributed by atoms with E-state index in [9.17, 15) is 4.79 Å². The molecule has 1 atom stereocenters. The Hall–Kier alpha value is -1.71. The van der Waals surface area contributed by atoms with Crippen LogP contribution >= 0.6 is 0 Å². The summed E-state index contributed by atoms with van der Waals surface area (Å²) in [5, 5.41) is 9.50. The van der Waals surface area contributed by atoms with Gasteiger partial charge in [0.1, 0.15) is 6.04 Å². The van der Waals surface area contributed by atoms with E-state index in [0.717, 1.165) is 24.3 Å². The third-order valence-electron chi connectivity index (χ3n) is 3.09. The molecular formula is C14H21N3O. The van der Waals surface area contributed by atoms with Crippen molar-refractivity contribution in [1.82, 2.24) is 5.32 Å². The summed E-state index contributed by atoms with van der Waals surface area (Å²) in [4.78, 5) is 12.0. The molecule has 0 saturated carbocycles. The fourth-order valence-corrected chi connectivity index (χ4v) is 1.98. The van der Waals surface area contributed by atoms with Crippen LogP contribution in [0.5, 0.6) is 0 Å². The topological polar surface area (TPSA) is 53.2 Å². The van der Waals surface area contributed by atoms with Crippen molar-refractivity contribution < 1.29 is 4.79 Å². The number of carbonyl (C=O) groups is 1. The zero-order chi connectivity index (χ0) is 13.0. The molecule has 1 aromatic carbocycles. The number of carbonyl (C=O) groups excluding carboxylic acids is 1. The summed E-state index contributed by atoms with van der Waals surface area (Å²) in [6.45, 7) is 5.69. The molecule has 1 aromatic rings. The molecule has 0 bridgehead atoms. The Kier molecular flexibility index (Phi) is 4.07. The highest BCUT2D eigenvalue weighted by molar-refractivity contribution is 5.88. The highest BCUT2D eigenvalue weighted by Crippen LogP contribution is 2.25. The van der Waals surface area contributed by atoms with Crippen molar-refractivity contribution in [2.24, 2.45) is 5.92 Å². The number of para-hydroxylation sites is 2. The van der Waals surface area contributed by atoms with Crippen LogP contribution in [-0.2, 0) is 4.79 Å². The van der Waals surface area contributed by atoms with E-state index >= 15 is 0 Å². The first kappa shape index (κ1) is 12.7. The summed E-state index contributed by atoms with van der Waals surface area (Å²) < 4.78 is 0. The first-order chi connectivity index (χ1) is 8.66. The van der Waals surface area contributed by atoms with Gasteiger partial charge in [-0.1, -0.05) is 26.0 Å². The van der Waals surface area contributed by atoms with Crippen molar-refractivity contribution in [3.63, 3.8) is 0 Å². The highest BCUT2D eigenvalue weighted by Gasteiger charge is 2.22. The number of benzene rings is 1. The number of amides is 1. The first-order valence-corrected chi connectivity index (χ1v) is 6.54. The maximum absolute atomic E-state index is 12.0. The molecule has 2 rings (SSSR count). The highest BCUT2D eigenvalue weighted by atomic mass is 16.2. The van der Waals surface area contributed by atoms with Crippen molar-refractivity contribution in [3.05, 3.63) is 24.3 Å². The summed E-state index contributed by atoms with van der Waals surface area (Å²) >= 11 is 0. The summed E-state index contributed by atoms with van der Waals surface area (Å²) in [5.41, 5.74) is 2.05. The number of hydrogen-bond donors (Lipinski definition) is 3. The van der Waals surface area contributed by atoms with Gasteiger partial charge in [0.05, 0.1) is 11.4 Å². The molecule has 1 unspecified atom stereocenters. The molecule has 1 aliphatic rings. The van der Waals surface area contributed by atoms with Crippen LogP contribution in [-0.4, -0.2) is 25.0 Å². The second-order valence-corrected chi connectivity index (χ2v) is 5.10. The lowest BCUT2D eigenvalue weighted by atomic mass is 10.1. The molecule has 0 aromatic heterocycles. The molecule has 18 heavy (non-hydrogen) atoms. The summed E-state index contributed by atoms with van der Waals surface area (Å²) in [7, 11) is 0. The van der Waals surface area contributed by atoms with Crippen LogP contribution in [0.25, 0.3) is 0 Å². The predicted molar refractivity (Wildman–Crippen MR) is 74.8 cm³/mol. The Morgan fingerprint density at radius 3 is 2.83 bits per heavy atom. The Balaban J connectivity index is 1.87. The van der Waals surface area contributed by atoms with Gasteiger partial charge < -0.3 is 16.0 Å². The van der Waals surface area contributed by atoms with Crippen LogP contribution in [0.3, 0.4) is 0 Å². The number of rotatable bonds is 4. The van der Waals surface area contributed by atoms with Crippen molar-refractivity contribution in [2.75, 3.05) is 23.7 Å². The van der Waals surface area contributed by atoms with Gasteiger partial charge in [0.15, 0.2) is 0 Å². The molecular weight excluding hydrogens is 226 g/mol. The van der Waals surface area contributed by atoms with Crippen LogP contribution in [0, 0.1) is 5.92 Å². The molecule has 0 aliphatic carbocycles. The Morgan fingerprint density at radius 1 is 1.39 bits per heavy atom. The van der Waals surface area contributed by atoms with Gasteiger partial charge in [-0.2, -0.15) is 0 Å². The van der Waals surface area contributed by atoms with Crippen molar-refractivity contribution in [3.8, 4) is 0 Å². The van der Waals surface area contributed by atoms with Gasteiger partial charge in [-0.3, -0.25) is 4.79 Å². The molecule has 0 spiro atoms. The second kappa shape index (κ2) is 5.76. The standard InChI is InChI=1S/C14H21N3O/c1-10(2)7-8-15-14(18)13-9-16-11-5-3-4-6-12(11)17-13/h3-6,10,13,16-17H,7-9H2,1-2H3,(H,15,18). The molecule has 1 amide bonds. The van der Waals surface area contributed by atoms with E-state index in [0.29, 0.717) is 12.5 Å². The van der Waals surface area contributed by atoms with Gasteiger partial charge in [-0.05, 0) is 24.5 Å². The summed E-state index contributed by atoms with van der Waals surface area (Å²) in [6.07, 6.45) is 1.02. The van der Waals surface area contributed by atoms with E-state index in [1.807, 2.05) is 24.3 Å². The van der Waals surface area contributed by atoms with E-state index in [4.69, 9.17) is 0 Å². The SMILES string of the molecule is CC(C)CCNC(=O)C1CNc2ccccc2N1. The van der Waals surface area contributed by atoms with Crippen LogP contribution < -0.4 is 16.0 Å². The molecule has 0 radical (unpaired) electrons. The molecule has 4 heteroatoms. The maximum atomic E-state index is 12.0. The van der Waals surface area contributed by atoms with Crippen LogP contribution in [0.15, 0.2) is 24.3 Å². The average molecular weight is 247 g/mol. The average Bonchev–Trinajstić information content (AvgIpc) is 2.37. The Morgan fingerprint density at radius 2 is 2.11 bits per heavy atom. The number of nitrogens with one attached hydrogen (secondary N) is 3. The largest absolute Gasteiger partial charge is 0.381 e. The first-order valence-electron chi connectivity index (χ1n) is 6.54. The second-order valence-electron chi connectivity index (χ2n) is 5.10. The smallest absolute Gasteiger partial charge is 0.244 e. The fraction of sp³-hybridized carbons (Fsp3) is 0.500. The van der Waals surface area contributed by atoms with Gasteiger partial charge in [-0.25, -0.2) is 0 Å². The van der Waals surface area contributed by atoms with E-state index < -0.39 is 0 Å². The van der Waals surface area contributed by atoms with E-state index in [2.05, 4.69) is 29.8 Å². The van der Waals surface area contributed by atoms with Crippen LogP contribution in [0.4, 0.5) is 11.4 Å². The normalized spacial score (nSPS) is 17.6. The molecule has 1 heterocycles. The quantitative estimate of drug-likeness (QED) is 0.763. The number of fused-ring (bicyclic) bond motifs is 1. The minimum Gasteiger partial charge on any atom is -0.381 e. The van der Waals surface area contributed by atoms with Gasteiger partial charge in [0, 0.05) is 13.1 Å². The maximum Gasteiger partial charge on any atom is 0.244 e. The Labute approximate surface area is 108 Å². The van der Waals surface area contributed by atoms with Gasteiger partial charge >= 0.3 is 0 Å². The van der Waals surface area contributed by atoms with E-state index in [1.54, 1.807) is 0 Å². The molecule has 1 aliphatic heterocycles. The third kappa shape index (κ3) is 3.15. The monoisotopic (exact) mass is 247 g/mol. The zero-order valence-corrected chi connectivity index (χ0v) is 11.0. The van der Waals surface area contributed by atoms with Crippen LogP contribution in [0.2, 0.25) is 0 Å². The minimum atomic E-state index is -0.188. The van der Waals surface area contributed by atoms with Crippen molar-refractivity contribution >= 4 is 17.3 Å². The lowest BCUT2D eigenvalue weighted by Gasteiger charge is -2.27. The number of hydrogen-bond acceptors (Lipinski definition) is 3. The molecule has 0 fully saturated rings. The molecule has 4 nitrogen and oxygen atoms in total. The lowest BCUT2D eigenvalue weighted by Crippen LogP contribution is -2.46. The minimum absolute atomic E-state index is 0.0673. The third-order valence-corrected chi connectivity index (χ3v) is 3.09. The lowest BCUT2D eigenvalue weighted by molar-refractivity contribution is -0.121. The summed E-state index contributed by atoms with van der Waals surface area (Å²) in [6, 6.07) is 7.75. The van der Waals surface area contributed by atoms with Gasteiger partial charge in [0.2, 0.25) is 5.91 Å². The van der Waals surface area contributed by atoms with E-state index in [1.165, 1.54) is 0 Å². The van der Waals surface area contributed by atoms with Crippen molar-refractivity contribution in [1.29, 1.82) is 0 Å². The molecule has 0 saturated heterocycles. The van der Waals surface area contributed by atoms with Gasteiger partial charge in [0.25, 0.3) is 0 Å². The Bertz CT molecular complexity index is 417. The fourth-order valence-electron chi connectivity index (χ4n) is 1.98. The van der Waals surface area contributed by atoms with Crippen LogP contribution in [0.1, 0.15) is 20.3 Å². The van der Waals surface area contributed by atoms with Crippen molar-refractivity contribution in [2.45, 2.75) is 26.3 Å². The van der Waals surface area contributed by atoms with E-state index in [-0.39, 0.29) is 11.9 Å². The molecule has 98 valence electrons. The summed E-state index contributed by atoms with van der Waals surface area (Å²) in [5.74, 6) is 0.682. The molecule has 3 N–H and O–H groups in total. The van der Waals surface area contributed by atoms with Gasteiger partial charge in [-0.15, -0.1) is 0 Å². The zero-order valence-electron chi connectivity index (χ0n) is 11.0. The number of anilines is 2.